The van der Waals surface area contributed by atoms with Gasteiger partial charge in [0.1, 0.15) is 0 Å². The largest absolute Gasteiger partial charge is 0.280 e. The number of benzene rings is 3. The zero-order valence-electron chi connectivity index (χ0n) is 18.8. The normalized spacial score (nSPS) is 11.7. The second kappa shape index (κ2) is 10.4. The van der Waals surface area contributed by atoms with E-state index in [1.54, 1.807) is 34.9 Å². The van der Waals surface area contributed by atoms with Crippen molar-refractivity contribution < 1.29 is 9.59 Å². The van der Waals surface area contributed by atoms with Crippen LogP contribution < -0.4 is 16.4 Å². The van der Waals surface area contributed by atoms with Crippen molar-refractivity contribution >= 4 is 34.5 Å². The standard InChI is InChI=1S/C26H24N4O3S/c1-17-12-14-20(15-13-17)24(32)29-28-23(31)16-34-26-27-22-11-7-6-10-21(22)25(33)30(26)18(2)19-8-4-3-5-9-19/h3-15,18H,16H2,1-2H3,(H,28,31)(H,29,32). The van der Waals surface area contributed by atoms with Crippen LogP contribution in [0.5, 0.6) is 0 Å². The molecule has 34 heavy (non-hydrogen) atoms. The third-order valence-corrected chi connectivity index (χ3v) is 6.36. The van der Waals surface area contributed by atoms with E-state index in [1.807, 2.05) is 62.4 Å². The third kappa shape index (κ3) is 5.18. The molecule has 0 aliphatic heterocycles. The van der Waals surface area contributed by atoms with Crippen molar-refractivity contribution in [3.05, 3.63) is 106 Å². The van der Waals surface area contributed by atoms with Gasteiger partial charge in [-0.1, -0.05) is 71.9 Å². The Morgan fingerprint density at radius 3 is 2.35 bits per heavy atom. The number of amides is 2. The minimum atomic E-state index is -0.410. The predicted molar refractivity (Wildman–Crippen MR) is 134 cm³/mol. The molecule has 7 nitrogen and oxygen atoms in total. The molecule has 1 atom stereocenters. The SMILES string of the molecule is Cc1ccc(C(=O)NNC(=O)CSc2nc3ccccc3c(=O)n2C(C)c2ccccc2)cc1. The van der Waals surface area contributed by atoms with E-state index in [4.69, 9.17) is 0 Å². The van der Waals surface area contributed by atoms with Gasteiger partial charge >= 0.3 is 0 Å². The summed E-state index contributed by atoms with van der Waals surface area (Å²) in [5.74, 6) is -0.843. The first kappa shape index (κ1) is 23.3. The maximum Gasteiger partial charge on any atom is 0.269 e. The van der Waals surface area contributed by atoms with E-state index in [2.05, 4.69) is 15.8 Å². The van der Waals surface area contributed by atoms with Gasteiger partial charge in [-0.2, -0.15) is 0 Å². The predicted octanol–water partition coefficient (Wildman–Crippen LogP) is 3.87. The van der Waals surface area contributed by atoms with E-state index in [0.717, 1.165) is 22.9 Å². The molecule has 0 aliphatic carbocycles. The second-order valence-corrected chi connectivity index (χ2v) is 8.77. The van der Waals surface area contributed by atoms with E-state index in [9.17, 15) is 14.4 Å². The van der Waals surface area contributed by atoms with Crippen LogP contribution >= 0.6 is 11.8 Å². The van der Waals surface area contributed by atoms with E-state index < -0.39 is 11.8 Å². The van der Waals surface area contributed by atoms with Crippen LogP contribution in [0.25, 0.3) is 10.9 Å². The smallest absolute Gasteiger partial charge is 0.269 e. The number of fused-ring (bicyclic) bond motifs is 1. The summed E-state index contributed by atoms with van der Waals surface area (Å²) in [6.07, 6.45) is 0. The average Bonchev–Trinajstić information content (AvgIpc) is 2.86. The van der Waals surface area contributed by atoms with Crippen LogP contribution in [0.4, 0.5) is 0 Å². The first-order chi connectivity index (χ1) is 16.4. The Kier molecular flexibility index (Phi) is 7.08. The molecular formula is C26H24N4O3S. The number of para-hydroxylation sites is 1. The van der Waals surface area contributed by atoms with Crippen LogP contribution in [0, 0.1) is 6.92 Å². The highest BCUT2D eigenvalue weighted by Crippen LogP contribution is 2.24. The van der Waals surface area contributed by atoms with Crippen LogP contribution in [-0.4, -0.2) is 27.1 Å². The fraction of sp³-hybridized carbons (Fsp3) is 0.154. The average molecular weight is 473 g/mol. The molecule has 0 saturated heterocycles. The van der Waals surface area contributed by atoms with Gasteiger partial charge < -0.3 is 0 Å². The van der Waals surface area contributed by atoms with Crippen molar-refractivity contribution in [3.8, 4) is 0 Å². The van der Waals surface area contributed by atoms with Gasteiger partial charge in [0.25, 0.3) is 11.5 Å². The number of aryl methyl sites for hydroxylation is 1. The van der Waals surface area contributed by atoms with Crippen LogP contribution in [0.15, 0.2) is 88.8 Å². The van der Waals surface area contributed by atoms with E-state index in [-0.39, 0.29) is 17.4 Å². The number of carbonyl (C=O) groups is 2. The zero-order valence-corrected chi connectivity index (χ0v) is 19.6. The Morgan fingerprint density at radius 1 is 0.941 bits per heavy atom. The molecular weight excluding hydrogens is 448 g/mol. The number of thioether (sulfide) groups is 1. The molecule has 0 aliphatic rings. The maximum atomic E-state index is 13.4. The van der Waals surface area contributed by atoms with Gasteiger partial charge in [-0.3, -0.25) is 29.8 Å². The molecule has 0 radical (unpaired) electrons. The third-order valence-electron chi connectivity index (χ3n) is 5.41. The molecule has 1 unspecified atom stereocenters. The van der Waals surface area contributed by atoms with Crippen LogP contribution in [-0.2, 0) is 4.79 Å². The lowest BCUT2D eigenvalue weighted by Gasteiger charge is -2.20. The highest BCUT2D eigenvalue weighted by molar-refractivity contribution is 7.99. The number of nitrogens with zero attached hydrogens (tertiary/aromatic N) is 2. The summed E-state index contributed by atoms with van der Waals surface area (Å²) in [5, 5.41) is 0.949. The lowest BCUT2D eigenvalue weighted by Crippen LogP contribution is -2.42. The molecule has 0 bridgehead atoms. The summed E-state index contributed by atoms with van der Waals surface area (Å²) in [6.45, 7) is 3.86. The van der Waals surface area contributed by atoms with Crippen LogP contribution in [0.3, 0.4) is 0 Å². The number of hydrazine groups is 1. The molecule has 4 aromatic rings. The van der Waals surface area contributed by atoms with E-state index in [1.165, 1.54) is 0 Å². The summed E-state index contributed by atoms with van der Waals surface area (Å²) in [5.41, 5.74) is 7.68. The topological polar surface area (TPSA) is 93.1 Å². The Balaban J connectivity index is 1.52. The van der Waals surface area contributed by atoms with Crippen molar-refractivity contribution in [1.29, 1.82) is 0 Å². The number of rotatable bonds is 6. The van der Waals surface area contributed by atoms with Gasteiger partial charge in [0.15, 0.2) is 5.16 Å². The molecule has 0 spiro atoms. The fourth-order valence-electron chi connectivity index (χ4n) is 3.52. The highest BCUT2D eigenvalue weighted by atomic mass is 32.2. The second-order valence-electron chi connectivity index (χ2n) is 7.83. The minimum absolute atomic E-state index is 0.0273. The number of carbonyl (C=O) groups excluding carboxylic acids is 2. The van der Waals surface area contributed by atoms with Crippen molar-refractivity contribution in [2.75, 3.05) is 5.75 Å². The lowest BCUT2D eigenvalue weighted by atomic mass is 10.1. The molecule has 4 rings (SSSR count). The summed E-state index contributed by atoms with van der Waals surface area (Å²) < 4.78 is 1.61. The molecule has 3 aromatic carbocycles. The van der Waals surface area contributed by atoms with Gasteiger partial charge in [-0.05, 0) is 43.7 Å². The minimum Gasteiger partial charge on any atom is -0.280 e. The quantitative estimate of drug-likeness (QED) is 0.252. The van der Waals surface area contributed by atoms with Gasteiger partial charge in [0.05, 0.1) is 22.7 Å². The van der Waals surface area contributed by atoms with Gasteiger partial charge in [-0.25, -0.2) is 4.98 Å². The molecule has 1 aromatic heterocycles. The van der Waals surface area contributed by atoms with Crippen molar-refractivity contribution in [1.82, 2.24) is 20.4 Å². The first-order valence-electron chi connectivity index (χ1n) is 10.8. The van der Waals surface area contributed by atoms with Crippen molar-refractivity contribution in [2.24, 2.45) is 0 Å². The summed E-state index contributed by atoms with van der Waals surface area (Å²) in [6, 6.07) is 23.6. The molecule has 8 heteroatoms. The Hall–Kier alpha value is -3.91. The molecule has 0 saturated carbocycles. The Bertz CT molecular complexity index is 1390. The van der Waals surface area contributed by atoms with Gasteiger partial charge in [-0.15, -0.1) is 0 Å². The van der Waals surface area contributed by atoms with Crippen LogP contribution in [0.2, 0.25) is 0 Å². The number of hydrogen-bond acceptors (Lipinski definition) is 5. The summed E-state index contributed by atoms with van der Waals surface area (Å²) >= 11 is 1.15. The van der Waals surface area contributed by atoms with Gasteiger partial charge in [0, 0.05) is 5.56 Å². The highest BCUT2D eigenvalue weighted by Gasteiger charge is 2.19. The number of aromatic nitrogens is 2. The Labute approximate surface area is 201 Å². The van der Waals surface area contributed by atoms with Crippen molar-refractivity contribution in [3.63, 3.8) is 0 Å². The van der Waals surface area contributed by atoms with E-state index >= 15 is 0 Å². The molecule has 2 N–H and O–H groups in total. The first-order valence-corrected chi connectivity index (χ1v) is 11.8. The number of hydrogen-bond donors (Lipinski definition) is 2. The summed E-state index contributed by atoms with van der Waals surface area (Å²) in [7, 11) is 0. The van der Waals surface area contributed by atoms with E-state index in [0.29, 0.717) is 21.6 Å². The maximum absolute atomic E-state index is 13.4. The molecule has 0 fully saturated rings. The molecule has 1 heterocycles. The monoisotopic (exact) mass is 472 g/mol. The lowest BCUT2D eigenvalue weighted by molar-refractivity contribution is -0.119. The molecule has 2 amide bonds. The fourth-order valence-corrected chi connectivity index (χ4v) is 4.39. The zero-order chi connectivity index (χ0) is 24.1. The summed E-state index contributed by atoms with van der Waals surface area (Å²) in [4.78, 5) is 42.7. The Morgan fingerprint density at radius 2 is 1.62 bits per heavy atom. The van der Waals surface area contributed by atoms with Gasteiger partial charge in [0.2, 0.25) is 5.91 Å². The number of nitrogens with one attached hydrogen (secondary N) is 2. The molecule has 172 valence electrons. The van der Waals surface area contributed by atoms with Crippen molar-refractivity contribution in [2.45, 2.75) is 25.0 Å². The van der Waals surface area contributed by atoms with Crippen LogP contribution in [0.1, 0.15) is 34.5 Å².